The minimum atomic E-state index is -0.108. The highest BCUT2D eigenvalue weighted by Gasteiger charge is 2.25. The van der Waals surface area contributed by atoms with Gasteiger partial charge in [-0.25, -0.2) is 4.79 Å². The molecule has 3 aliphatic rings. The van der Waals surface area contributed by atoms with Crippen LogP contribution >= 0.6 is 11.6 Å². The smallest absolute Gasteiger partial charge is 0.321 e. The molecule has 7 nitrogen and oxygen atoms in total. The number of carbonyl (C=O) groups excluding carboxylic acids is 2. The van der Waals surface area contributed by atoms with E-state index in [0.717, 1.165) is 63.5 Å². The Bertz CT molecular complexity index is 769. The summed E-state index contributed by atoms with van der Waals surface area (Å²) in [7, 11) is 0. The molecule has 3 saturated heterocycles. The van der Waals surface area contributed by atoms with Crippen LogP contribution in [0.3, 0.4) is 0 Å². The van der Waals surface area contributed by atoms with Crippen molar-refractivity contribution >= 4 is 34.9 Å². The number of halogens is 1. The van der Waals surface area contributed by atoms with Crippen LogP contribution in [0.1, 0.15) is 38.5 Å². The average molecular weight is 448 g/mol. The van der Waals surface area contributed by atoms with Gasteiger partial charge in [0, 0.05) is 58.0 Å². The maximum absolute atomic E-state index is 12.7. The average Bonchev–Trinajstić information content (AvgIpc) is 2.81. The molecule has 3 aliphatic heterocycles. The molecule has 0 bridgehead atoms. The molecule has 4 rings (SSSR count). The Morgan fingerprint density at radius 1 is 0.806 bits per heavy atom. The second-order valence-electron chi connectivity index (χ2n) is 8.85. The lowest BCUT2D eigenvalue weighted by Crippen LogP contribution is -2.52. The lowest BCUT2D eigenvalue weighted by Gasteiger charge is -2.36. The first-order valence-corrected chi connectivity index (χ1v) is 12.1. The van der Waals surface area contributed by atoms with Gasteiger partial charge >= 0.3 is 6.03 Å². The molecule has 0 unspecified atom stereocenters. The van der Waals surface area contributed by atoms with Gasteiger partial charge in [-0.3, -0.25) is 9.69 Å². The summed E-state index contributed by atoms with van der Waals surface area (Å²) in [4.78, 5) is 33.5. The molecule has 170 valence electrons. The molecule has 0 saturated carbocycles. The molecular formula is C23H34ClN5O2. The van der Waals surface area contributed by atoms with Crippen molar-refractivity contribution < 1.29 is 9.59 Å². The summed E-state index contributed by atoms with van der Waals surface area (Å²) < 4.78 is 0. The summed E-state index contributed by atoms with van der Waals surface area (Å²) in [5.74, 6) is 0.223. The van der Waals surface area contributed by atoms with Gasteiger partial charge in [0.15, 0.2) is 0 Å². The Morgan fingerprint density at radius 3 is 2.10 bits per heavy atom. The second-order valence-corrected chi connectivity index (χ2v) is 9.26. The van der Waals surface area contributed by atoms with E-state index in [-0.39, 0.29) is 11.9 Å². The Hall–Kier alpha value is -1.99. The van der Waals surface area contributed by atoms with Gasteiger partial charge in [0.1, 0.15) is 0 Å². The van der Waals surface area contributed by atoms with Gasteiger partial charge in [0.05, 0.1) is 17.3 Å². The third-order valence-corrected chi connectivity index (χ3v) is 6.93. The van der Waals surface area contributed by atoms with Gasteiger partial charge in [-0.1, -0.05) is 11.6 Å². The van der Waals surface area contributed by atoms with Crippen molar-refractivity contribution in [2.75, 3.05) is 69.1 Å². The molecule has 8 heteroatoms. The van der Waals surface area contributed by atoms with Crippen molar-refractivity contribution in [1.82, 2.24) is 14.7 Å². The van der Waals surface area contributed by atoms with E-state index in [0.29, 0.717) is 24.7 Å². The molecule has 3 heterocycles. The van der Waals surface area contributed by atoms with Gasteiger partial charge in [-0.15, -0.1) is 0 Å². The third-order valence-electron chi connectivity index (χ3n) is 6.62. The van der Waals surface area contributed by atoms with E-state index in [1.165, 1.54) is 25.7 Å². The first kappa shape index (κ1) is 22.2. The number of hydrogen-bond acceptors (Lipinski definition) is 4. The normalized spacial score (nSPS) is 20.6. The topological polar surface area (TPSA) is 59.1 Å². The molecule has 1 aromatic rings. The predicted octanol–water partition coefficient (Wildman–Crippen LogP) is 3.49. The highest BCUT2D eigenvalue weighted by Crippen LogP contribution is 2.31. The molecule has 31 heavy (non-hydrogen) atoms. The quantitative estimate of drug-likeness (QED) is 0.767. The fraction of sp³-hybridized carbons (Fsp3) is 0.652. The van der Waals surface area contributed by atoms with Crippen molar-refractivity contribution in [2.24, 2.45) is 0 Å². The molecule has 3 amide bonds. The van der Waals surface area contributed by atoms with E-state index in [1.54, 1.807) is 0 Å². The molecule has 3 fully saturated rings. The second kappa shape index (κ2) is 10.6. The van der Waals surface area contributed by atoms with E-state index in [4.69, 9.17) is 11.6 Å². The monoisotopic (exact) mass is 447 g/mol. The first-order chi connectivity index (χ1) is 15.1. The molecule has 1 N–H and O–H groups in total. The fourth-order valence-corrected chi connectivity index (χ4v) is 5.02. The van der Waals surface area contributed by atoms with Crippen molar-refractivity contribution in [3.63, 3.8) is 0 Å². The zero-order chi connectivity index (χ0) is 21.6. The maximum atomic E-state index is 12.7. The molecule has 0 radical (unpaired) electrons. The Kier molecular flexibility index (Phi) is 7.56. The third kappa shape index (κ3) is 5.83. The van der Waals surface area contributed by atoms with E-state index in [1.807, 2.05) is 28.0 Å². The minimum absolute atomic E-state index is 0.108. The lowest BCUT2D eigenvalue weighted by molar-refractivity contribution is -0.133. The van der Waals surface area contributed by atoms with Gasteiger partial charge in [0.2, 0.25) is 5.91 Å². The van der Waals surface area contributed by atoms with E-state index >= 15 is 0 Å². The number of piperidine rings is 2. The van der Waals surface area contributed by atoms with Crippen LogP contribution in [-0.4, -0.2) is 85.5 Å². The number of amides is 3. The van der Waals surface area contributed by atoms with Crippen molar-refractivity contribution in [1.29, 1.82) is 0 Å². The number of urea groups is 1. The summed E-state index contributed by atoms with van der Waals surface area (Å²) in [5, 5.41) is 3.66. The number of piperazine rings is 1. The van der Waals surface area contributed by atoms with E-state index in [2.05, 4.69) is 15.1 Å². The van der Waals surface area contributed by atoms with Crippen molar-refractivity contribution in [2.45, 2.75) is 38.5 Å². The van der Waals surface area contributed by atoms with Crippen LogP contribution in [0.15, 0.2) is 18.2 Å². The zero-order valence-corrected chi connectivity index (χ0v) is 19.1. The molecule has 0 atom stereocenters. The summed E-state index contributed by atoms with van der Waals surface area (Å²) in [6.45, 7) is 7.01. The molecule has 0 aromatic heterocycles. The summed E-state index contributed by atoms with van der Waals surface area (Å²) in [6.07, 6.45) is 7.13. The number of hydrogen-bond donors (Lipinski definition) is 1. The van der Waals surface area contributed by atoms with E-state index < -0.39 is 0 Å². The van der Waals surface area contributed by atoms with Crippen LogP contribution < -0.4 is 10.2 Å². The summed E-state index contributed by atoms with van der Waals surface area (Å²) >= 11 is 6.51. The maximum Gasteiger partial charge on any atom is 0.321 e. The van der Waals surface area contributed by atoms with Gasteiger partial charge in [-0.05, 0) is 56.7 Å². The molecule has 0 spiro atoms. The highest BCUT2D eigenvalue weighted by atomic mass is 35.5. The number of carbonyl (C=O) groups is 2. The number of benzene rings is 1. The summed E-state index contributed by atoms with van der Waals surface area (Å²) in [6, 6.07) is 5.68. The number of nitrogens with zero attached hydrogens (tertiary/aromatic N) is 4. The Morgan fingerprint density at radius 2 is 1.45 bits per heavy atom. The largest absolute Gasteiger partial charge is 0.370 e. The highest BCUT2D eigenvalue weighted by molar-refractivity contribution is 6.33. The molecule has 0 aliphatic carbocycles. The predicted molar refractivity (Wildman–Crippen MR) is 125 cm³/mol. The first-order valence-electron chi connectivity index (χ1n) is 11.7. The van der Waals surface area contributed by atoms with Crippen LogP contribution in [0.4, 0.5) is 16.2 Å². The van der Waals surface area contributed by atoms with Crippen LogP contribution in [0.25, 0.3) is 0 Å². The van der Waals surface area contributed by atoms with E-state index in [9.17, 15) is 9.59 Å². The number of nitrogens with one attached hydrogen (secondary N) is 1. The van der Waals surface area contributed by atoms with Crippen LogP contribution in [0, 0.1) is 0 Å². The van der Waals surface area contributed by atoms with Crippen LogP contribution in [-0.2, 0) is 4.79 Å². The van der Waals surface area contributed by atoms with Crippen LogP contribution in [0.5, 0.6) is 0 Å². The number of anilines is 2. The van der Waals surface area contributed by atoms with Crippen molar-refractivity contribution in [3.05, 3.63) is 23.2 Å². The van der Waals surface area contributed by atoms with Gasteiger partial charge < -0.3 is 20.0 Å². The molecule has 1 aromatic carbocycles. The standard InChI is InChI=1S/C23H34ClN5O2/c24-20-17-19(7-8-21(20)27-9-3-1-4-10-27)25-23(31)29-15-13-26(14-16-29)18-22(30)28-11-5-2-6-12-28/h7-8,17H,1-6,9-16,18H2,(H,25,31). The van der Waals surface area contributed by atoms with Crippen molar-refractivity contribution in [3.8, 4) is 0 Å². The summed E-state index contributed by atoms with van der Waals surface area (Å²) in [5.41, 5.74) is 1.77. The number of likely N-dealkylation sites (tertiary alicyclic amines) is 1. The number of rotatable bonds is 4. The minimum Gasteiger partial charge on any atom is -0.370 e. The zero-order valence-electron chi connectivity index (χ0n) is 18.3. The SMILES string of the molecule is O=C(CN1CCN(C(=O)Nc2ccc(N3CCCCC3)c(Cl)c2)CC1)N1CCCCC1. The van der Waals surface area contributed by atoms with Crippen LogP contribution in [0.2, 0.25) is 5.02 Å². The molecular weight excluding hydrogens is 414 g/mol. The Labute approximate surface area is 190 Å². The van der Waals surface area contributed by atoms with Gasteiger partial charge in [-0.2, -0.15) is 0 Å². The lowest BCUT2D eigenvalue weighted by atomic mass is 10.1. The van der Waals surface area contributed by atoms with Gasteiger partial charge in [0.25, 0.3) is 0 Å². The Balaban J connectivity index is 1.24. The fourth-order valence-electron chi connectivity index (χ4n) is 4.72.